The first-order valence-electron chi connectivity index (χ1n) is 25.0. The van der Waals surface area contributed by atoms with Crippen molar-refractivity contribution in [2.24, 2.45) is 0 Å². The first-order valence-corrected chi connectivity index (χ1v) is 25.8. The minimum atomic E-state index is -0.553. The molecule has 0 heterocycles. The summed E-state index contributed by atoms with van der Waals surface area (Å²) < 4.78 is 14.5. The molecule has 0 saturated heterocycles. The molecule has 0 aliphatic heterocycles. The van der Waals surface area contributed by atoms with Crippen LogP contribution in [0.3, 0.4) is 0 Å². The molecule has 5 rings (SSSR count). The molecule has 9 heteroatoms. The number of phenols is 1. The Morgan fingerprint density at radius 3 is 1.07 bits per heavy atom. The van der Waals surface area contributed by atoms with E-state index >= 15 is 0 Å². The molecule has 378 valence electrons. The second kappa shape index (κ2) is 21.7. The van der Waals surface area contributed by atoms with Gasteiger partial charge in [-0.15, -0.1) is 0 Å². The van der Waals surface area contributed by atoms with Crippen molar-refractivity contribution in [3.05, 3.63) is 147 Å². The molecule has 0 aliphatic carbocycles. The minimum absolute atomic E-state index is 0.235. The van der Waals surface area contributed by atoms with Crippen LogP contribution < -0.4 is 30.7 Å². The lowest BCUT2D eigenvalue weighted by Crippen LogP contribution is -2.32. The summed E-state index contributed by atoms with van der Waals surface area (Å²) in [5, 5.41) is 27.6. The van der Waals surface area contributed by atoms with Gasteiger partial charge in [-0.05, 0) is 103 Å². The van der Waals surface area contributed by atoms with Crippen LogP contribution in [-0.2, 0) is 32.5 Å². The maximum atomic E-state index is 13.2. The predicted molar refractivity (Wildman–Crippen MR) is 306 cm³/mol. The Labute approximate surface area is 433 Å². The molecule has 0 aliphatic rings. The molecule has 5 N–H and O–H groups in total. The van der Waals surface area contributed by atoms with E-state index in [1.54, 1.807) is 0 Å². The number of thiocarbonyl (C=S) groups is 2. The van der Waals surface area contributed by atoms with E-state index in [9.17, 15) is 5.11 Å². The smallest absolute Gasteiger partial charge is 0.170 e. The molecular weight excluding hydrogens is 901 g/mol. The fourth-order valence-electron chi connectivity index (χ4n) is 8.45. The summed E-state index contributed by atoms with van der Waals surface area (Å²) in [6, 6.07) is 33.6. The van der Waals surface area contributed by atoms with Crippen LogP contribution >= 0.6 is 24.4 Å². The maximum absolute atomic E-state index is 13.2. The number of aromatic hydroxyl groups is 1. The van der Waals surface area contributed by atoms with Gasteiger partial charge in [0.15, 0.2) is 10.2 Å². The van der Waals surface area contributed by atoms with Gasteiger partial charge in [0.05, 0.1) is 13.1 Å². The second-order valence-corrected chi connectivity index (χ2v) is 25.8. The third-order valence-electron chi connectivity index (χ3n) is 12.7. The third-order valence-corrected chi connectivity index (χ3v) is 13.2. The maximum Gasteiger partial charge on any atom is 0.170 e. The van der Waals surface area contributed by atoms with Crippen molar-refractivity contribution in [3.8, 4) is 17.2 Å². The summed E-state index contributed by atoms with van der Waals surface area (Å²) in [7, 11) is 0. The van der Waals surface area contributed by atoms with Gasteiger partial charge in [-0.3, -0.25) is 0 Å². The van der Waals surface area contributed by atoms with Crippen molar-refractivity contribution in [3.63, 3.8) is 0 Å². The van der Waals surface area contributed by atoms with Crippen LogP contribution in [0.1, 0.15) is 181 Å². The number of hydrogen-bond acceptors (Lipinski definition) is 5. The van der Waals surface area contributed by atoms with Crippen LogP contribution in [0.15, 0.2) is 97.1 Å². The van der Waals surface area contributed by atoms with Crippen molar-refractivity contribution < 1.29 is 14.6 Å². The van der Waals surface area contributed by atoms with Gasteiger partial charge in [0, 0.05) is 45.1 Å². The number of nitrogens with one attached hydrogen (secondary N) is 4. The molecule has 5 aromatic carbocycles. The van der Waals surface area contributed by atoms with Gasteiger partial charge in [0.1, 0.15) is 30.5 Å². The van der Waals surface area contributed by atoms with Crippen LogP contribution in [-0.4, -0.2) is 41.6 Å². The lowest BCUT2D eigenvalue weighted by atomic mass is 9.70. The Morgan fingerprint density at radius 1 is 0.443 bits per heavy atom. The number of ether oxygens (including phenoxy) is 2. The van der Waals surface area contributed by atoms with Crippen molar-refractivity contribution in [1.29, 1.82) is 0 Å². The Balaban J connectivity index is 1.86. The van der Waals surface area contributed by atoms with Crippen LogP contribution in [0.2, 0.25) is 0 Å². The lowest BCUT2D eigenvalue weighted by molar-refractivity contribution is 0.304. The number of benzene rings is 5. The third kappa shape index (κ3) is 14.5. The van der Waals surface area contributed by atoms with E-state index in [0.29, 0.717) is 36.5 Å². The van der Waals surface area contributed by atoms with Crippen LogP contribution in [0, 0.1) is 0 Å². The lowest BCUT2D eigenvalue weighted by Gasteiger charge is -2.36. The Bertz CT molecular complexity index is 2460. The average Bonchev–Trinajstić information content (AvgIpc) is 3.23. The van der Waals surface area contributed by atoms with E-state index in [1.165, 1.54) is 11.1 Å². The first-order chi connectivity index (χ1) is 32.3. The summed E-state index contributed by atoms with van der Waals surface area (Å²) in [5.74, 6) is 1.30. The first kappa shape index (κ1) is 55.8. The monoisotopic (exact) mass is 985 g/mol. The van der Waals surface area contributed by atoms with Crippen molar-refractivity contribution in [2.45, 2.75) is 163 Å². The summed E-state index contributed by atoms with van der Waals surface area (Å²) in [5.41, 5.74) is 9.35. The summed E-state index contributed by atoms with van der Waals surface area (Å²) in [4.78, 5) is 0. The van der Waals surface area contributed by atoms with Gasteiger partial charge in [0.25, 0.3) is 0 Å². The van der Waals surface area contributed by atoms with Crippen molar-refractivity contribution >= 4 is 46.0 Å². The molecule has 0 radical (unpaired) electrons. The minimum Gasteiger partial charge on any atom is -0.507 e. The van der Waals surface area contributed by atoms with Gasteiger partial charge < -0.3 is 35.8 Å². The highest BCUT2D eigenvalue weighted by Gasteiger charge is 2.38. The molecule has 0 spiro atoms. The number of phenolic OH excluding ortho intramolecular Hbond substituents is 1. The molecule has 0 bridgehead atoms. The van der Waals surface area contributed by atoms with Crippen LogP contribution in [0.25, 0.3) is 0 Å². The molecular formula is C61H84N4O3S2. The van der Waals surface area contributed by atoms with E-state index in [1.807, 2.05) is 60.7 Å². The van der Waals surface area contributed by atoms with Crippen LogP contribution in [0.5, 0.6) is 17.2 Å². The summed E-state index contributed by atoms with van der Waals surface area (Å²) in [6.45, 7) is 42.0. The van der Waals surface area contributed by atoms with Gasteiger partial charge in [-0.25, -0.2) is 0 Å². The van der Waals surface area contributed by atoms with Gasteiger partial charge in [-0.2, -0.15) is 0 Å². The second-order valence-electron chi connectivity index (χ2n) is 25.0. The Hall–Kier alpha value is -5.12. The van der Waals surface area contributed by atoms with E-state index in [0.717, 1.165) is 61.8 Å². The molecule has 0 fully saturated rings. The molecule has 0 atom stereocenters. The normalized spacial score (nSPS) is 12.7. The fourth-order valence-corrected chi connectivity index (χ4v) is 8.89. The number of hydrogen-bond donors (Lipinski definition) is 5. The number of para-hydroxylation sites is 2. The van der Waals surface area contributed by atoms with E-state index in [-0.39, 0.29) is 38.2 Å². The molecule has 70 heavy (non-hydrogen) atoms. The van der Waals surface area contributed by atoms with Gasteiger partial charge in [0.2, 0.25) is 0 Å². The molecule has 7 nitrogen and oxygen atoms in total. The Kier molecular flexibility index (Phi) is 17.3. The van der Waals surface area contributed by atoms with E-state index < -0.39 is 5.92 Å². The predicted octanol–water partition coefficient (Wildman–Crippen LogP) is 15.1. The highest BCUT2D eigenvalue weighted by molar-refractivity contribution is 7.80. The van der Waals surface area contributed by atoms with E-state index in [4.69, 9.17) is 33.9 Å². The van der Waals surface area contributed by atoms with Crippen molar-refractivity contribution in [1.82, 2.24) is 10.6 Å². The SMILES string of the molecule is CC(C)(C)c1cc(C(c2cc(C(C)(C)C)cc(C(C)(C)C)c2OCCNC(=S)Nc2ccccc2)c2cc(C(C)(C)C)cc(C(C)(C)C)c2OCCNC(=S)Nc2ccccc2)c(O)c(C(C)(C)C)c1. The standard InChI is InChI=1S/C61H84N4O3S2/c1-56(2,3)39-33-44(51(66)47(36-39)59(10,11)12)50(45-34-40(57(4,5)6)37-48(60(13,14)15)52(45)67-31-29-62-54(69)64-42-25-21-19-22-26-42)46-35-41(58(7,8)9)38-49(61(16,17)18)53(46)68-32-30-63-55(70)65-43-27-23-20-24-28-43/h19-28,33-38,50,66H,29-32H2,1-18H3,(H2,62,64,69)(H2,63,65,70). The van der Waals surface area contributed by atoms with Gasteiger partial charge in [-0.1, -0.05) is 197 Å². The largest absolute Gasteiger partial charge is 0.507 e. The zero-order chi connectivity index (χ0) is 52.2. The average molecular weight is 986 g/mol. The molecule has 0 unspecified atom stereocenters. The summed E-state index contributed by atoms with van der Waals surface area (Å²) >= 11 is 11.5. The summed E-state index contributed by atoms with van der Waals surface area (Å²) in [6.07, 6.45) is 0. The molecule has 0 aromatic heterocycles. The molecule has 0 saturated carbocycles. The zero-order valence-corrected chi connectivity index (χ0v) is 47.4. The topological polar surface area (TPSA) is 86.8 Å². The van der Waals surface area contributed by atoms with Crippen LogP contribution in [0.4, 0.5) is 11.4 Å². The zero-order valence-electron chi connectivity index (χ0n) is 45.7. The van der Waals surface area contributed by atoms with E-state index in [2.05, 4.69) is 182 Å². The van der Waals surface area contributed by atoms with Gasteiger partial charge >= 0.3 is 0 Å². The highest BCUT2D eigenvalue weighted by atomic mass is 32.1. The highest BCUT2D eigenvalue weighted by Crippen LogP contribution is 2.53. The molecule has 0 amide bonds. The quantitative estimate of drug-likeness (QED) is 0.0450. The number of anilines is 2. The van der Waals surface area contributed by atoms with Crippen molar-refractivity contribution in [2.75, 3.05) is 36.9 Å². The fraction of sp³-hybridized carbons (Fsp3) is 0.475. The molecule has 5 aromatic rings. The number of rotatable bonds is 13. The Morgan fingerprint density at radius 2 is 0.757 bits per heavy atom.